The van der Waals surface area contributed by atoms with E-state index in [0.29, 0.717) is 38.2 Å². The number of fused-ring (bicyclic) bond motifs is 1. The summed E-state index contributed by atoms with van der Waals surface area (Å²) in [7, 11) is 0. The number of nitrogens with one attached hydrogen (secondary N) is 3. The Balaban J connectivity index is 1.41. The van der Waals surface area contributed by atoms with Gasteiger partial charge in [-0.2, -0.15) is 0 Å². The number of amides is 1. The smallest absolute Gasteiger partial charge is 0.323 e. The van der Waals surface area contributed by atoms with E-state index in [1.54, 1.807) is 12.1 Å². The van der Waals surface area contributed by atoms with Crippen LogP contribution in [0.5, 0.6) is 0 Å². The largest absolute Gasteiger partial charge is 0.416 e. The van der Waals surface area contributed by atoms with Gasteiger partial charge >= 0.3 is 5.69 Å². The first kappa shape index (κ1) is 15.5. The number of rotatable bonds is 5. The fourth-order valence-corrected chi connectivity index (χ4v) is 3.25. The van der Waals surface area contributed by atoms with Gasteiger partial charge in [-0.15, -0.1) is 10.2 Å². The first-order valence-corrected chi connectivity index (χ1v) is 9.04. The maximum absolute atomic E-state index is 12.1. The molecule has 2 heterocycles. The van der Waals surface area contributed by atoms with Crippen LogP contribution in [-0.4, -0.2) is 31.8 Å². The molecule has 1 amide bonds. The van der Waals surface area contributed by atoms with Crippen molar-refractivity contribution in [2.24, 2.45) is 0 Å². The van der Waals surface area contributed by atoms with E-state index in [1.807, 2.05) is 0 Å². The average Bonchev–Trinajstić information content (AvgIpc) is 3.17. The van der Waals surface area contributed by atoms with Crippen LogP contribution < -0.4 is 11.0 Å². The Morgan fingerprint density at radius 3 is 2.83 bits per heavy atom. The predicted molar refractivity (Wildman–Crippen MR) is 92.2 cm³/mol. The summed E-state index contributed by atoms with van der Waals surface area (Å²) in [5.74, 6) is 0.999. The molecule has 0 atom stereocenters. The number of halogens is 1. The highest BCUT2D eigenvalue weighted by Crippen LogP contribution is 2.39. The van der Waals surface area contributed by atoms with Gasteiger partial charge in [0.05, 0.1) is 22.5 Å². The lowest BCUT2D eigenvalue weighted by atomic mass is 10.3. The van der Waals surface area contributed by atoms with Gasteiger partial charge in [0.15, 0.2) is 0 Å². The molecule has 8 nitrogen and oxygen atoms in total. The standard InChI is InChI=1S/C14H12BrN5O3S/c15-7-3-9-10(18-13(22)17-9)4-8(7)16-11(21)5-24-14-20-19-12(23-14)6-1-2-6/h3-4,6H,1-2,5H2,(H,16,21)(H2,17,18,22). The number of hydrogen-bond acceptors (Lipinski definition) is 6. The highest BCUT2D eigenvalue weighted by molar-refractivity contribution is 9.10. The van der Waals surface area contributed by atoms with E-state index in [0.717, 1.165) is 12.8 Å². The van der Waals surface area contributed by atoms with Crippen LogP contribution in [0.3, 0.4) is 0 Å². The minimum atomic E-state index is -0.293. The number of hydrogen-bond donors (Lipinski definition) is 3. The summed E-state index contributed by atoms with van der Waals surface area (Å²) in [6.07, 6.45) is 2.18. The van der Waals surface area contributed by atoms with Gasteiger partial charge in [-0.1, -0.05) is 11.8 Å². The quantitative estimate of drug-likeness (QED) is 0.557. The molecule has 0 unspecified atom stereocenters. The Morgan fingerprint density at radius 2 is 2.08 bits per heavy atom. The zero-order valence-electron chi connectivity index (χ0n) is 12.3. The molecule has 1 aromatic carbocycles. The van der Waals surface area contributed by atoms with Crippen LogP contribution in [0.15, 0.2) is 31.0 Å². The van der Waals surface area contributed by atoms with Crippen molar-refractivity contribution in [3.63, 3.8) is 0 Å². The maximum Gasteiger partial charge on any atom is 0.323 e. The van der Waals surface area contributed by atoms with Crippen molar-refractivity contribution < 1.29 is 9.21 Å². The fourth-order valence-electron chi connectivity index (χ4n) is 2.24. The molecule has 1 aliphatic rings. The Kier molecular flexibility index (Phi) is 3.93. The first-order valence-electron chi connectivity index (χ1n) is 7.26. The summed E-state index contributed by atoms with van der Waals surface area (Å²) >= 11 is 4.57. The van der Waals surface area contributed by atoms with Crippen molar-refractivity contribution in [1.82, 2.24) is 20.2 Å². The van der Waals surface area contributed by atoms with Gasteiger partial charge in [-0.25, -0.2) is 4.79 Å². The molecule has 124 valence electrons. The number of carbonyl (C=O) groups excluding carboxylic acids is 1. The minimum absolute atomic E-state index is 0.153. The lowest BCUT2D eigenvalue weighted by molar-refractivity contribution is -0.113. The molecular weight excluding hydrogens is 398 g/mol. The van der Waals surface area contributed by atoms with Crippen molar-refractivity contribution in [2.75, 3.05) is 11.1 Å². The zero-order chi connectivity index (χ0) is 16.7. The van der Waals surface area contributed by atoms with Crippen molar-refractivity contribution in [1.29, 1.82) is 0 Å². The van der Waals surface area contributed by atoms with Crippen LogP contribution in [-0.2, 0) is 4.79 Å². The van der Waals surface area contributed by atoms with Crippen molar-refractivity contribution in [3.8, 4) is 0 Å². The van der Waals surface area contributed by atoms with E-state index in [-0.39, 0.29) is 17.3 Å². The third-order valence-electron chi connectivity index (χ3n) is 3.55. The van der Waals surface area contributed by atoms with Gasteiger partial charge in [-0.05, 0) is 40.9 Å². The first-order chi connectivity index (χ1) is 11.6. The molecular formula is C14H12BrN5O3S. The molecule has 1 fully saturated rings. The van der Waals surface area contributed by atoms with Gasteiger partial charge in [0.2, 0.25) is 11.8 Å². The Morgan fingerprint density at radius 1 is 1.33 bits per heavy atom. The Labute approximate surface area is 147 Å². The van der Waals surface area contributed by atoms with Crippen LogP contribution in [0.25, 0.3) is 11.0 Å². The highest BCUT2D eigenvalue weighted by atomic mass is 79.9. The third kappa shape index (κ3) is 3.24. The molecule has 0 bridgehead atoms. The van der Waals surface area contributed by atoms with Gasteiger partial charge in [0.1, 0.15) is 0 Å². The number of imidazole rings is 1. The van der Waals surface area contributed by atoms with Crippen molar-refractivity contribution in [3.05, 3.63) is 33.0 Å². The van der Waals surface area contributed by atoms with Crippen LogP contribution >= 0.6 is 27.7 Å². The number of aromatic amines is 2. The Bertz CT molecular complexity index is 974. The van der Waals surface area contributed by atoms with E-state index in [1.165, 1.54) is 11.8 Å². The van der Waals surface area contributed by atoms with Crippen LogP contribution in [0, 0.1) is 0 Å². The topological polar surface area (TPSA) is 117 Å². The molecule has 24 heavy (non-hydrogen) atoms. The molecule has 0 aliphatic heterocycles. The fraction of sp³-hybridized carbons (Fsp3) is 0.286. The number of H-pyrrole nitrogens is 2. The molecule has 1 saturated carbocycles. The second-order valence-corrected chi connectivity index (χ2v) is 7.26. The van der Waals surface area contributed by atoms with Crippen LogP contribution in [0.2, 0.25) is 0 Å². The normalized spacial score (nSPS) is 14.2. The van der Waals surface area contributed by atoms with Gasteiger partial charge in [-0.3, -0.25) is 4.79 Å². The summed E-state index contributed by atoms with van der Waals surface area (Å²) in [5.41, 5.74) is 1.57. The molecule has 3 N–H and O–H groups in total. The third-order valence-corrected chi connectivity index (χ3v) is 5.03. The van der Waals surface area contributed by atoms with Crippen molar-refractivity contribution in [2.45, 2.75) is 24.0 Å². The number of aromatic nitrogens is 4. The summed E-state index contributed by atoms with van der Waals surface area (Å²) in [6, 6.07) is 3.42. The van der Waals surface area contributed by atoms with E-state index in [9.17, 15) is 9.59 Å². The van der Waals surface area contributed by atoms with Crippen molar-refractivity contribution >= 4 is 50.3 Å². The zero-order valence-corrected chi connectivity index (χ0v) is 14.7. The number of benzene rings is 1. The SMILES string of the molecule is O=C(CSc1nnc(C2CC2)o1)Nc1cc2[nH]c(=O)[nH]c2cc1Br. The molecule has 10 heteroatoms. The minimum Gasteiger partial charge on any atom is -0.416 e. The number of nitrogens with zero attached hydrogens (tertiary/aromatic N) is 2. The average molecular weight is 410 g/mol. The van der Waals surface area contributed by atoms with Gasteiger partial charge < -0.3 is 19.7 Å². The van der Waals surface area contributed by atoms with E-state index in [2.05, 4.69) is 41.4 Å². The molecule has 0 saturated heterocycles. The maximum atomic E-state index is 12.1. The predicted octanol–water partition coefficient (Wildman–Crippen LogP) is 2.61. The second-order valence-electron chi connectivity index (χ2n) is 5.47. The molecule has 4 rings (SSSR count). The lowest BCUT2D eigenvalue weighted by Gasteiger charge is -2.06. The van der Waals surface area contributed by atoms with Gasteiger partial charge in [0, 0.05) is 10.4 Å². The second kappa shape index (κ2) is 6.10. The number of thioether (sulfide) groups is 1. The van der Waals surface area contributed by atoms with E-state index in [4.69, 9.17) is 4.42 Å². The van der Waals surface area contributed by atoms with Crippen LogP contribution in [0.1, 0.15) is 24.7 Å². The molecule has 3 aromatic rings. The number of anilines is 1. The summed E-state index contributed by atoms with van der Waals surface area (Å²) in [6.45, 7) is 0. The Hall–Kier alpha value is -2.07. The lowest BCUT2D eigenvalue weighted by Crippen LogP contribution is -2.14. The molecule has 1 aliphatic carbocycles. The van der Waals surface area contributed by atoms with Gasteiger partial charge in [0.25, 0.3) is 5.22 Å². The summed E-state index contributed by atoms with van der Waals surface area (Å²) in [5, 5.41) is 11.1. The monoisotopic (exact) mass is 409 g/mol. The summed E-state index contributed by atoms with van der Waals surface area (Å²) in [4.78, 5) is 28.7. The highest BCUT2D eigenvalue weighted by Gasteiger charge is 2.29. The number of carbonyl (C=O) groups is 1. The molecule has 0 radical (unpaired) electrons. The molecule has 2 aromatic heterocycles. The van der Waals surface area contributed by atoms with Crippen LogP contribution in [0.4, 0.5) is 5.69 Å². The molecule has 0 spiro atoms. The van der Waals surface area contributed by atoms with E-state index < -0.39 is 0 Å². The van der Waals surface area contributed by atoms with E-state index >= 15 is 0 Å². The summed E-state index contributed by atoms with van der Waals surface area (Å²) < 4.78 is 6.18.